The predicted molar refractivity (Wildman–Crippen MR) is 226 cm³/mol. The van der Waals surface area contributed by atoms with Crippen LogP contribution in [0.1, 0.15) is 77.8 Å². The number of fused-ring (bicyclic) bond motifs is 2. The molecule has 2 aromatic rings. The molecule has 2 N–H and O–H groups in total. The van der Waals surface area contributed by atoms with Gasteiger partial charge in [-0.25, -0.2) is 28.0 Å². The molecule has 2 aromatic carbocycles. The minimum atomic E-state index is -3.91. The van der Waals surface area contributed by atoms with Crippen molar-refractivity contribution in [2.75, 3.05) is 37.3 Å². The molecule has 0 aromatic heterocycles. The van der Waals surface area contributed by atoms with E-state index in [1.807, 2.05) is 67.6 Å². The van der Waals surface area contributed by atoms with Crippen LogP contribution >= 0.6 is 24.1 Å². The van der Waals surface area contributed by atoms with Gasteiger partial charge in [-0.3, -0.25) is 9.59 Å². The maximum atomic E-state index is 13.7. The van der Waals surface area contributed by atoms with Crippen molar-refractivity contribution in [2.24, 2.45) is 0 Å². The molecule has 0 bridgehead atoms. The van der Waals surface area contributed by atoms with Crippen molar-refractivity contribution < 1.29 is 61.5 Å². The van der Waals surface area contributed by atoms with E-state index < -0.39 is 33.2 Å². The maximum absolute atomic E-state index is 13.7. The molecule has 1 saturated heterocycles. The minimum absolute atomic E-state index is 0.00699. The largest absolute Gasteiger partial charge is 0.344 e. The van der Waals surface area contributed by atoms with Crippen LogP contribution < -0.4 is 4.90 Å². The highest BCUT2D eigenvalue weighted by Gasteiger charge is 2.44. The Kier molecular flexibility index (Phi) is 16.1. The highest BCUT2D eigenvalue weighted by atomic mass is 32.2. The van der Waals surface area contributed by atoms with E-state index in [-0.39, 0.29) is 42.5 Å². The summed E-state index contributed by atoms with van der Waals surface area (Å²) in [6, 6.07) is 11.0. The van der Waals surface area contributed by atoms with Gasteiger partial charge in [-0.05, 0) is 69.2 Å². The first-order valence-corrected chi connectivity index (χ1v) is 22.4. The topological polar surface area (TPSA) is 185 Å². The lowest BCUT2D eigenvalue weighted by Gasteiger charge is -2.25. The van der Waals surface area contributed by atoms with Gasteiger partial charge in [0.05, 0.1) is 22.4 Å². The fraction of sp³-hybridized carbons (Fsp3) is 0.415. The highest BCUT2D eigenvalue weighted by molar-refractivity contribution is 7.94. The summed E-state index contributed by atoms with van der Waals surface area (Å²) < 4.78 is 40.0. The molecule has 3 heterocycles. The van der Waals surface area contributed by atoms with Crippen LogP contribution in [-0.4, -0.2) is 88.8 Å². The summed E-state index contributed by atoms with van der Waals surface area (Å²) in [5.74, 6) is -1.33. The molecule has 5 rings (SSSR count). The Hall–Kier alpha value is -4.15. The van der Waals surface area contributed by atoms with Gasteiger partial charge < -0.3 is 9.74 Å². The number of hydrogen-bond donors (Lipinski definition) is 2. The molecule has 16 nitrogen and oxygen atoms in total. The molecule has 324 valence electrons. The normalized spacial score (nSPS) is 18.1. The van der Waals surface area contributed by atoms with Gasteiger partial charge in [0.1, 0.15) is 6.54 Å². The Bertz CT molecular complexity index is 2180. The Balaban J connectivity index is 1.26. The quantitative estimate of drug-likeness (QED) is 0.0241. The zero-order valence-corrected chi connectivity index (χ0v) is 36.8. The average molecular weight is 888 g/mol. The van der Waals surface area contributed by atoms with E-state index in [4.69, 9.17) is 15.4 Å². The molecule has 0 radical (unpaired) electrons. The number of rotatable bonds is 21. The first-order valence-electron chi connectivity index (χ1n) is 19.3. The Labute approximate surface area is 358 Å². The summed E-state index contributed by atoms with van der Waals surface area (Å²) in [7, 11) is -2.47. The average Bonchev–Trinajstić information content (AvgIpc) is 3.73. The fourth-order valence-corrected chi connectivity index (χ4v) is 9.52. The van der Waals surface area contributed by atoms with Crippen LogP contribution in [0.15, 0.2) is 94.4 Å². The smallest absolute Gasteiger partial charge is 0.333 e. The first kappa shape index (κ1) is 46.9. The van der Waals surface area contributed by atoms with Crippen molar-refractivity contribution in [3.8, 4) is 0 Å². The van der Waals surface area contributed by atoms with Crippen LogP contribution in [-0.2, 0) is 58.8 Å². The molecule has 3 aliphatic rings. The molecular formula is C41H51N4O12S3+. The Morgan fingerprint density at radius 3 is 2.32 bits per heavy atom. The lowest BCUT2D eigenvalue weighted by molar-refractivity contribution is -0.438. The van der Waals surface area contributed by atoms with E-state index in [1.165, 1.54) is 11.4 Å². The van der Waals surface area contributed by atoms with Gasteiger partial charge in [0.15, 0.2) is 5.71 Å². The van der Waals surface area contributed by atoms with Crippen LogP contribution in [0.2, 0.25) is 0 Å². The summed E-state index contributed by atoms with van der Waals surface area (Å²) in [4.78, 5) is 43.7. The predicted octanol–water partition coefficient (Wildman–Crippen LogP) is 7.33. The summed E-state index contributed by atoms with van der Waals surface area (Å²) in [6.45, 7) is 11.8. The molecule has 0 atom stereocenters. The number of carbonyl (C=O) groups is 3. The van der Waals surface area contributed by atoms with Crippen molar-refractivity contribution in [1.82, 2.24) is 9.37 Å². The van der Waals surface area contributed by atoms with E-state index in [2.05, 4.69) is 62.0 Å². The maximum Gasteiger partial charge on any atom is 0.333 e. The third-order valence-corrected chi connectivity index (χ3v) is 13.6. The van der Waals surface area contributed by atoms with E-state index in [0.717, 1.165) is 69.3 Å². The second kappa shape index (κ2) is 20.6. The van der Waals surface area contributed by atoms with Crippen molar-refractivity contribution >= 4 is 69.0 Å². The van der Waals surface area contributed by atoms with Crippen LogP contribution in [0.5, 0.6) is 0 Å². The number of allylic oxidation sites excluding steroid dienone is 8. The molecule has 60 heavy (non-hydrogen) atoms. The first-order chi connectivity index (χ1) is 28.6. The minimum Gasteiger partial charge on any atom is -0.344 e. The number of sulfonamides is 1. The van der Waals surface area contributed by atoms with Crippen LogP contribution in [0, 0.1) is 0 Å². The van der Waals surface area contributed by atoms with Crippen LogP contribution in [0.4, 0.5) is 11.4 Å². The third kappa shape index (κ3) is 10.5. The van der Waals surface area contributed by atoms with Gasteiger partial charge >= 0.3 is 5.97 Å². The fourth-order valence-electron chi connectivity index (χ4n) is 7.53. The molecule has 3 aliphatic heterocycles. The number of nitrogens with zero attached hydrogens (tertiary/aromatic N) is 4. The number of likely N-dealkylation sites (N-methyl/N-ethyl adjacent to an activating group) is 1. The van der Waals surface area contributed by atoms with E-state index in [0.29, 0.717) is 23.9 Å². The van der Waals surface area contributed by atoms with Crippen LogP contribution in [0.3, 0.4) is 0 Å². The lowest BCUT2D eigenvalue weighted by Crippen LogP contribution is -2.32. The molecule has 0 saturated carbocycles. The molecule has 2 amide bonds. The molecular weight excluding hydrogens is 837 g/mol. The van der Waals surface area contributed by atoms with Gasteiger partial charge in [0, 0.05) is 103 Å². The van der Waals surface area contributed by atoms with Gasteiger partial charge in [-0.2, -0.15) is 4.58 Å². The SMILES string of the molecule is CCN1/C(=C/C=C/C=C/C=C/C2=[N+](CCCSOOO)c3ccc(SOOO)cc3C2(C)C)C(C)(C)c2cc(S(=O)(=O)N(C)CCCC(=O)ON3C(=O)CCC3=O)ccc21. The number of carbonyl (C=O) groups excluding carboxylic acids is 3. The van der Waals surface area contributed by atoms with Crippen molar-refractivity contribution in [3.63, 3.8) is 0 Å². The van der Waals surface area contributed by atoms with Gasteiger partial charge in [-0.1, -0.05) is 54.3 Å². The number of benzene rings is 2. The molecule has 1 fully saturated rings. The van der Waals surface area contributed by atoms with E-state index >= 15 is 0 Å². The lowest BCUT2D eigenvalue weighted by atomic mass is 9.81. The van der Waals surface area contributed by atoms with Crippen molar-refractivity contribution in [2.45, 2.75) is 87.3 Å². The van der Waals surface area contributed by atoms with Crippen LogP contribution in [0.25, 0.3) is 0 Å². The monoisotopic (exact) mass is 887 g/mol. The van der Waals surface area contributed by atoms with Crippen molar-refractivity contribution in [1.29, 1.82) is 0 Å². The third-order valence-electron chi connectivity index (χ3n) is 10.6. The molecule has 0 aliphatic carbocycles. The summed E-state index contributed by atoms with van der Waals surface area (Å²) >= 11 is 1.92. The van der Waals surface area contributed by atoms with E-state index in [1.54, 1.807) is 12.1 Å². The van der Waals surface area contributed by atoms with Gasteiger partial charge in [0.2, 0.25) is 15.7 Å². The number of amides is 2. The van der Waals surface area contributed by atoms with Crippen molar-refractivity contribution in [3.05, 3.63) is 95.8 Å². The zero-order chi connectivity index (χ0) is 43.7. The molecule has 0 unspecified atom stereocenters. The number of hydroxylamine groups is 2. The van der Waals surface area contributed by atoms with Gasteiger partial charge in [-0.15, -0.1) is 13.7 Å². The van der Waals surface area contributed by atoms with Gasteiger partial charge in [0.25, 0.3) is 11.8 Å². The Morgan fingerprint density at radius 1 is 0.917 bits per heavy atom. The zero-order valence-electron chi connectivity index (χ0n) is 34.4. The second-order valence-electron chi connectivity index (χ2n) is 15.1. The highest BCUT2D eigenvalue weighted by Crippen LogP contribution is 2.48. The molecule has 19 heteroatoms. The number of hydrogen-bond acceptors (Lipinski definition) is 15. The van der Waals surface area contributed by atoms with E-state index in [9.17, 15) is 22.8 Å². The second-order valence-corrected chi connectivity index (χ2v) is 18.7. The summed E-state index contributed by atoms with van der Waals surface area (Å²) in [6.07, 6.45) is 14.6. The summed E-state index contributed by atoms with van der Waals surface area (Å²) in [5, 5.41) is 25.1. The Morgan fingerprint density at radius 2 is 1.62 bits per heavy atom. The summed E-state index contributed by atoms with van der Waals surface area (Å²) in [5.41, 5.74) is 5.11. The number of imide groups is 1. The number of anilines is 1. The standard InChI is InChI=1S/C41H50N4O12S3/c1-7-43-33-21-19-30(60(51,52)42(6)24-13-17-39(48)53-45-37(46)22-23-38(45)47)28-32(33)41(4,5)35(43)15-11-9-8-10-12-16-36-40(2,3)31-27-29(59-57-55-50)18-20-34(31)44(36)25-14-26-58-56-54-49/h8-12,15-16,18-21,27-28H,7,13-14,17,22-26H2,1-6H3,(H-,49,50)/p+1. The molecule has 0 spiro atoms.